The molecular weight excluding hydrogens is 632 g/mol. The molecule has 0 aliphatic carbocycles. The van der Waals surface area contributed by atoms with Gasteiger partial charge in [0.05, 0.1) is 11.3 Å². The van der Waals surface area contributed by atoms with Gasteiger partial charge >= 0.3 is 6.18 Å². The van der Waals surface area contributed by atoms with E-state index >= 15 is 0 Å². The van der Waals surface area contributed by atoms with Crippen molar-refractivity contribution in [3.8, 4) is 0 Å². The number of halogens is 3. The highest BCUT2D eigenvalue weighted by Gasteiger charge is 2.34. The summed E-state index contributed by atoms with van der Waals surface area (Å²) in [5, 5.41) is 8.87. The van der Waals surface area contributed by atoms with E-state index in [1.54, 1.807) is 91.0 Å². The first-order valence-electron chi connectivity index (χ1n) is 13.9. The number of anilines is 2. The summed E-state index contributed by atoms with van der Waals surface area (Å²) in [5.41, 5.74) is 0.0817. The molecule has 4 aromatic carbocycles. The molecule has 0 radical (unpaired) electrons. The van der Waals surface area contributed by atoms with Crippen molar-refractivity contribution in [1.82, 2.24) is 5.32 Å². The van der Waals surface area contributed by atoms with Gasteiger partial charge in [0, 0.05) is 21.0 Å². The number of thiophene rings is 1. The van der Waals surface area contributed by atoms with Crippen molar-refractivity contribution in [2.24, 2.45) is 0 Å². The summed E-state index contributed by atoms with van der Waals surface area (Å²) in [4.78, 5) is 41.2. The average Bonchev–Trinajstić information content (AvgIpc) is 3.57. The average molecular weight is 658 g/mol. The molecule has 1 atom stereocenters. The largest absolute Gasteiger partial charge is 0.418 e. The molecule has 46 heavy (non-hydrogen) atoms. The fourth-order valence-electron chi connectivity index (χ4n) is 4.38. The van der Waals surface area contributed by atoms with Crippen LogP contribution in [0.25, 0.3) is 6.08 Å². The van der Waals surface area contributed by atoms with Crippen molar-refractivity contribution in [3.63, 3.8) is 0 Å². The zero-order valence-electron chi connectivity index (χ0n) is 24.0. The van der Waals surface area contributed by atoms with E-state index in [0.29, 0.717) is 21.7 Å². The number of benzene rings is 4. The molecule has 0 aliphatic rings. The maximum atomic E-state index is 13.6. The molecule has 232 valence electrons. The number of thioether (sulfide) groups is 1. The third-order valence-electron chi connectivity index (χ3n) is 6.54. The first-order valence-corrected chi connectivity index (χ1v) is 15.6. The molecule has 3 N–H and O–H groups in total. The predicted molar refractivity (Wildman–Crippen MR) is 176 cm³/mol. The number of amides is 3. The van der Waals surface area contributed by atoms with Crippen LogP contribution in [0.3, 0.4) is 0 Å². The minimum atomic E-state index is -4.65. The summed E-state index contributed by atoms with van der Waals surface area (Å²) in [6.45, 7) is 0. The van der Waals surface area contributed by atoms with Gasteiger partial charge in [0.1, 0.15) is 10.9 Å². The summed E-state index contributed by atoms with van der Waals surface area (Å²) < 4.78 is 40.9. The number of nitrogens with one attached hydrogen (secondary N) is 3. The number of carbonyl (C=O) groups excluding carboxylic acids is 3. The molecule has 1 heterocycles. The first kappa shape index (κ1) is 32.3. The molecule has 11 heteroatoms. The number of rotatable bonds is 10. The molecule has 3 amide bonds. The van der Waals surface area contributed by atoms with Gasteiger partial charge in [-0.2, -0.15) is 13.2 Å². The zero-order valence-corrected chi connectivity index (χ0v) is 25.6. The Morgan fingerprint density at radius 3 is 2.15 bits per heavy atom. The number of hydrogen-bond acceptors (Lipinski definition) is 5. The van der Waals surface area contributed by atoms with Crippen LogP contribution in [0.4, 0.5) is 24.5 Å². The van der Waals surface area contributed by atoms with E-state index in [-0.39, 0.29) is 11.4 Å². The minimum absolute atomic E-state index is 0.0271. The first-order chi connectivity index (χ1) is 22.2. The Morgan fingerprint density at radius 1 is 0.761 bits per heavy atom. The molecule has 0 saturated carbocycles. The predicted octanol–water partition coefficient (Wildman–Crippen LogP) is 8.65. The number of para-hydroxylation sites is 1. The Labute approximate surface area is 271 Å². The standard InChI is InChI=1S/C35H26F3N3O3S2/c36-35(37,38)28-18-7-8-19-29(28)40-34(44)31(23-11-3-1-4-12-23)46-27-16-9-15-25(21-27)39-33(43)30(22-26-17-10-20-45-26)41-32(42)24-13-5-2-6-14-24/h1-22,31H,(H,39,43)(H,40,44)(H,41,42)/b30-22-. The van der Waals surface area contributed by atoms with Crippen molar-refractivity contribution >= 4 is 58.3 Å². The number of carbonyl (C=O) groups is 3. The quantitative estimate of drug-likeness (QED) is 0.104. The lowest BCUT2D eigenvalue weighted by molar-refractivity contribution is -0.137. The summed E-state index contributed by atoms with van der Waals surface area (Å²) in [6.07, 6.45) is -3.07. The van der Waals surface area contributed by atoms with Crippen molar-refractivity contribution in [2.45, 2.75) is 16.3 Å². The van der Waals surface area contributed by atoms with Crippen LogP contribution in [0.5, 0.6) is 0 Å². The van der Waals surface area contributed by atoms with Crippen molar-refractivity contribution in [2.75, 3.05) is 10.6 Å². The van der Waals surface area contributed by atoms with Crippen molar-refractivity contribution in [1.29, 1.82) is 0 Å². The SMILES string of the molecule is O=C(Nc1cccc(SC(C(=O)Nc2ccccc2C(F)(F)F)c2ccccc2)c1)/C(=C/c1cccs1)NC(=O)c1ccccc1. The molecule has 5 aromatic rings. The monoisotopic (exact) mass is 657 g/mol. The summed E-state index contributed by atoms with van der Waals surface area (Å²) in [7, 11) is 0. The van der Waals surface area contributed by atoms with E-state index in [9.17, 15) is 27.6 Å². The van der Waals surface area contributed by atoms with Crippen LogP contribution in [-0.4, -0.2) is 17.7 Å². The van der Waals surface area contributed by atoms with E-state index in [1.165, 1.54) is 29.5 Å². The maximum Gasteiger partial charge on any atom is 0.418 e. The van der Waals surface area contributed by atoms with Gasteiger partial charge in [0.15, 0.2) is 0 Å². The van der Waals surface area contributed by atoms with E-state index in [2.05, 4.69) is 16.0 Å². The van der Waals surface area contributed by atoms with Gasteiger partial charge in [-0.15, -0.1) is 23.1 Å². The Balaban J connectivity index is 1.37. The van der Waals surface area contributed by atoms with Crippen LogP contribution in [0.2, 0.25) is 0 Å². The lowest BCUT2D eigenvalue weighted by Gasteiger charge is -2.19. The maximum absolute atomic E-state index is 13.6. The summed E-state index contributed by atoms with van der Waals surface area (Å²) >= 11 is 2.52. The van der Waals surface area contributed by atoms with Gasteiger partial charge in [-0.3, -0.25) is 14.4 Å². The fourth-order valence-corrected chi connectivity index (χ4v) is 6.12. The molecule has 6 nitrogen and oxygen atoms in total. The normalized spacial score (nSPS) is 12.2. The second kappa shape index (κ2) is 14.8. The third kappa shape index (κ3) is 8.52. The zero-order chi connectivity index (χ0) is 32.5. The van der Waals surface area contributed by atoms with Crippen LogP contribution in [0.15, 0.2) is 137 Å². The molecule has 0 aliphatic heterocycles. The molecule has 0 bridgehead atoms. The van der Waals surface area contributed by atoms with Crippen molar-refractivity contribution in [3.05, 3.63) is 154 Å². The molecular formula is C35H26F3N3O3S2. The van der Waals surface area contributed by atoms with E-state index in [1.807, 2.05) is 17.5 Å². The topological polar surface area (TPSA) is 87.3 Å². The lowest BCUT2D eigenvalue weighted by atomic mass is 10.1. The van der Waals surface area contributed by atoms with E-state index in [4.69, 9.17) is 0 Å². The highest BCUT2D eigenvalue weighted by atomic mass is 32.2. The third-order valence-corrected chi connectivity index (χ3v) is 8.60. The van der Waals surface area contributed by atoms with Gasteiger partial charge in [-0.05, 0) is 65.6 Å². The van der Waals surface area contributed by atoms with Gasteiger partial charge < -0.3 is 16.0 Å². The molecule has 1 aromatic heterocycles. The van der Waals surface area contributed by atoms with Gasteiger partial charge in [0.2, 0.25) is 5.91 Å². The molecule has 0 fully saturated rings. The molecule has 5 rings (SSSR count). The van der Waals surface area contributed by atoms with Crippen LogP contribution in [-0.2, 0) is 15.8 Å². The van der Waals surface area contributed by atoms with E-state index < -0.39 is 34.7 Å². The fraction of sp³-hybridized carbons (Fsp3) is 0.0571. The molecule has 0 spiro atoms. The molecule has 1 unspecified atom stereocenters. The summed E-state index contributed by atoms with van der Waals surface area (Å²) in [6, 6.07) is 32.3. The number of hydrogen-bond donors (Lipinski definition) is 3. The summed E-state index contributed by atoms with van der Waals surface area (Å²) in [5.74, 6) is -1.67. The smallest absolute Gasteiger partial charge is 0.324 e. The Bertz CT molecular complexity index is 1850. The Hall–Kier alpha value is -5.13. The second-order valence-electron chi connectivity index (χ2n) is 9.82. The van der Waals surface area contributed by atoms with Crippen molar-refractivity contribution < 1.29 is 27.6 Å². The van der Waals surface area contributed by atoms with Gasteiger partial charge in [-0.1, -0.05) is 72.8 Å². The van der Waals surface area contributed by atoms with Crippen LogP contribution < -0.4 is 16.0 Å². The van der Waals surface area contributed by atoms with E-state index in [0.717, 1.165) is 22.7 Å². The van der Waals surface area contributed by atoms with Crippen LogP contribution in [0, 0.1) is 0 Å². The van der Waals surface area contributed by atoms with Gasteiger partial charge in [-0.25, -0.2) is 0 Å². The van der Waals surface area contributed by atoms with Gasteiger partial charge in [0.25, 0.3) is 11.8 Å². The highest BCUT2D eigenvalue weighted by Crippen LogP contribution is 2.39. The minimum Gasteiger partial charge on any atom is -0.324 e. The second-order valence-corrected chi connectivity index (χ2v) is 12.0. The Morgan fingerprint density at radius 2 is 1.46 bits per heavy atom. The van der Waals surface area contributed by atoms with Crippen LogP contribution in [0.1, 0.15) is 31.6 Å². The Kier molecular flexibility index (Phi) is 10.4. The van der Waals surface area contributed by atoms with Crippen LogP contribution >= 0.6 is 23.1 Å². The molecule has 0 saturated heterocycles. The number of alkyl halides is 3. The lowest BCUT2D eigenvalue weighted by Crippen LogP contribution is -2.30. The highest BCUT2D eigenvalue weighted by molar-refractivity contribution is 8.00.